The fourth-order valence-corrected chi connectivity index (χ4v) is 2.40. The second-order valence-electron chi connectivity index (χ2n) is 5.05. The molecule has 0 saturated heterocycles. The molecular weight excluding hydrogens is 335 g/mol. The molecule has 0 bridgehead atoms. The van der Waals surface area contributed by atoms with Crippen molar-refractivity contribution in [1.29, 1.82) is 5.26 Å². The van der Waals surface area contributed by atoms with E-state index >= 15 is 0 Å². The van der Waals surface area contributed by atoms with Crippen LogP contribution in [0.5, 0.6) is 0 Å². The largest absolute Gasteiger partial charge is 0.421 e. The molecule has 0 radical (unpaired) electrons. The van der Waals surface area contributed by atoms with E-state index in [1.807, 2.05) is 6.07 Å². The Morgan fingerprint density at radius 3 is 2.80 bits per heavy atom. The molecule has 0 aliphatic heterocycles. The van der Waals surface area contributed by atoms with E-state index in [1.54, 1.807) is 29.2 Å². The summed E-state index contributed by atoms with van der Waals surface area (Å²) in [7, 11) is 1.35. The normalized spacial score (nSPS) is 11.3. The summed E-state index contributed by atoms with van der Waals surface area (Å²) >= 11 is 0. The summed E-state index contributed by atoms with van der Waals surface area (Å²) in [5.41, 5.74) is 0.332. The molecule has 0 fully saturated rings. The number of halogens is 3. The quantitative estimate of drug-likeness (QED) is 0.753. The minimum Gasteiger partial charge on any atom is -0.372 e. The Kier molecular flexibility index (Phi) is 4.14. The van der Waals surface area contributed by atoms with Gasteiger partial charge in [-0.3, -0.25) is 4.98 Å². The first-order valence-corrected chi connectivity index (χ1v) is 7.13. The molecule has 0 aliphatic carbocycles. The molecule has 3 aromatic heterocycles. The zero-order chi connectivity index (χ0) is 18.0. The number of hydrogen-bond donors (Lipinski definition) is 2. The number of fused-ring (bicyclic) bond motifs is 1. The van der Waals surface area contributed by atoms with Gasteiger partial charge in [0.2, 0.25) is 5.95 Å². The third kappa shape index (κ3) is 3.16. The SMILES string of the molecule is CNc1nc(Nc2cn(CC#N)c3cnccc23)ncc1C(F)(F)F. The number of alkyl halides is 3. The smallest absolute Gasteiger partial charge is 0.372 e. The van der Waals surface area contributed by atoms with Gasteiger partial charge in [-0.15, -0.1) is 0 Å². The Labute approximate surface area is 140 Å². The molecule has 25 heavy (non-hydrogen) atoms. The monoisotopic (exact) mass is 347 g/mol. The summed E-state index contributed by atoms with van der Waals surface area (Å²) in [6.07, 6.45) is 1.01. The molecule has 0 unspecified atom stereocenters. The Balaban J connectivity index is 2.01. The standard InChI is InChI=1S/C15H12F3N7/c1-20-13-10(15(16,17)18)6-22-14(24-13)23-11-8-25(5-3-19)12-7-21-4-2-9(11)12/h2,4,6-8H,5H2,1H3,(H2,20,22,23,24). The average Bonchev–Trinajstić information content (AvgIpc) is 2.92. The van der Waals surface area contributed by atoms with E-state index < -0.39 is 11.7 Å². The number of nitriles is 1. The first kappa shape index (κ1) is 16.5. The van der Waals surface area contributed by atoms with Gasteiger partial charge in [0.05, 0.1) is 23.5 Å². The average molecular weight is 347 g/mol. The fraction of sp³-hybridized carbons (Fsp3) is 0.200. The summed E-state index contributed by atoms with van der Waals surface area (Å²) in [5.74, 6) is -0.322. The molecule has 0 amide bonds. The van der Waals surface area contributed by atoms with Crippen molar-refractivity contribution in [1.82, 2.24) is 19.5 Å². The van der Waals surface area contributed by atoms with E-state index in [1.165, 1.54) is 7.05 Å². The van der Waals surface area contributed by atoms with Crippen LogP contribution in [0.15, 0.2) is 30.9 Å². The molecule has 10 heteroatoms. The van der Waals surface area contributed by atoms with E-state index in [0.717, 1.165) is 11.6 Å². The van der Waals surface area contributed by atoms with Crippen LogP contribution >= 0.6 is 0 Å². The molecule has 3 rings (SSSR count). The highest BCUT2D eigenvalue weighted by molar-refractivity contribution is 5.93. The van der Waals surface area contributed by atoms with Gasteiger partial charge < -0.3 is 15.2 Å². The van der Waals surface area contributed by atoms with Crippen LogP contribution in [-0.2, 0) is 12.7 Å². The van der Waals surface area contributed by atoms with Gasteiger partial charge in [-0.25, -0.2) is 4.98 Å². The number of rotatable bonds is 4. The molecule has 0 saturated carbocycles. The van der Waals surface area contributed by atoms with E-state index in [4.69, 9.17) is 5.26 Å². The van der Waals surface area contributed by atoms with Crippen molar-refractivity contribution in [2.75, 3.05) is 17.7 Å². The van der Waals surface area contributed by atoms with Crippen molar-refractivity contribution in [3.8, 4) is 6.07 Å². The number of nitrogens with zero attached hydrogens (tertiary/aromatic N) is 5. The van der Waals surface area contributed by atoms with E-state index in [2.05, 4.69) is 25.6 Å². The first-order chi connectivity index (χ1) is 11.9. The molecule has 3 heterocycles. The van der Waals surface area contributed by atoms with Gasteiger partial charge in [0.25, 0.3) is 0 Å². The van der Waals surface area contributed by atoms with Gasteiger partial charge >= 0.3 is 6.18 Å². The molecule has 2 N–H and O–H groups in total. The van der Waals surface area contributed by atoms with Crippen LogP contribution in [0.2, 0.25) is 0 Å². The molecular formula is C15H12F3N7. The summed E-state index contributed by atoms with van der Waals surface area (Å²) in [4.78, 5) is 11.6. The molecule has 0 aromatic carbocycles. The van der Waals surface area contributed by atoms with E-state index in [-0.39, 0.29) is 18.3 Å². The molecule has 0 aliphatic rings. The van der Waals surface area contributed by atoms with Crippen molar-refractivity contribution >= 4 is 28.4 Å². The van der Waals surface area contributed by atoms with Gasteiger partial charge in [0.1, 0.15) is 17.9 Å². The third-order valence-electron chi connectivity index (χ3n) is 3.50. The summed E-state index contributed by atoms with van der Waals surface area (Å²) in [6, 6.07) is 3.77. The van der Waals surface area contributed by atoms with Crippen molar-refractivity contribution in [3.63, 3.8) is 0 Å². The van der Waals surface area contributed by atoms with Gasteiger partial charge in [-0.05, 0) is 6.07 Å². The lowest BCUT2D eigenvalue weighted by Gasteiger charge is -2.12. The maximum absolute atomic E-state index is 12.9. The van der Waals surface area contributed by atoms with E-state index in [0.29, 0.717) is 11.2 Å². The Morgan fingerprint density at radius 1 is 1.32 bits per heavy atom. The number of hydrogen-bond acceptors (Lipinski definition) is 6. The summed E-state index contributed by atoms with van der Waals surface area (Å²) in [5, 5.41) is 15.0. The Bertz CT molecular complexity index is 956. The lowest BCUT2D eigenvalue weighted by Crippen LogP contribution is -2.12. The van der Waals surface area contributed by atoms with Crippen LogP contribution in [-0.4, -0.2) is 26.6 Å². The van der Waals surface area contributed by atoms with Gasteiger partial charge in [-0.1, -0.05) is 0 Å². The van der Waals surface area contributed by atoms with Crippen LogP contribution in [0.4, 0.5) is 30.6 Å². The highest BCUT2D eigenvalue weighted by atomic mass is 19.4. The minimum absolute atomic E-state index is 0.00479. The number of aromatic nitrogens is 4. The maximum atomic E-state index is 12.9. The highest BCUT2D eigenvalue weighted by Crippen LogP contribution is 2.34. The number of anilines is 3. The lowest BCUT2D eigenvalue weighted by atomic mass is 10.3. The van der Waals surface area contributed by atoms with Crippen LogP contribution < -0.4 is 10.6 Å². The van der Waals surface area contributed by atoms with Crippen LogP contribution in [0, 0.1) is 11.3 Å². The number of nitrogens with one attached hydrogen (secondary N) is 2. The molecule has 3 aromatic rings. The molecule has 0 spiro atoms. The lowest BCUT2D eigenvalue weighted by molar-refractivity contribution is -0.137. The second-order valence-corrected chi connectivity index (χ2v) is 5.05. The number of pyridine rings is 1. The topological polar surface area (TPSA) is 91.5 Å². The molecule has 0 atom stereocenters. The molecule has 7 nitrogen and oxygen atoms in total. The Hall–Kier alpha value is -3.35. The summed E-state index contributed by atoms with van der Waals surface area (Å²) < 4.78 is 40.4. The zero-order valence-electron chi connectivity index (χ0n) is 13.0. The van der Waals surface area contributed by atoms with Gasteiger partial charge in [0, 0.05) is 31.0 Å². The summed E-state index contributed by atoms with van der Waals surface area (Å²) in [6.45, 7) is 0.111. The minimum atomic E-state index is -4.55. The zero-order valence-corrected chi connectivity index (χ0v) is 13.0. The van der Waals surface area contributed by atoms with Crippen molar-refractivity contribution in [2.24, 2.45) is 0 Å². The maximum Gasteiger partial charge on any atom is 0.421 e. The Morgan fingerprint density at radius 2 is 2.12 bits per heavy atom. The van der Waals surface area contributed by atoms with Gasteiger partial charge in [-0.2, -0.15) is 23.4 Å². The van der Waals surface area contributed by atoms with Crippen molar-refractivity contribution < 1.29 is 13.2 Å². The second kappa shape index (κ2) is 6.27. The van der Waals surface area contributed by atoms with Crippen molar-refractivity contribution in [2.45, 2.75) is 12.7 Å². The van der Waals surface area contributed by atoms with Crippen LogP contribution in [0.3, 0.4) is 0 Å². The highest BCUT2D eigenvalue weighted by Gasteiger charge is 2.35. The van der Waals surface area contributed by atoms with Crippen LogP contribution in [0.1, 0.15) is 5.56 Å². The first-order valence-electron chi connectivity index (χ1n) is 7.13. The third-order valence-corrected chi connectivity index (χ3v) is 3.50. The van der Waals surface area contributed by atoms with Crippen molar-refractivity contribution in [3.05, 3.63) is 36.4 Å². The fourth-order valence-electron chi connectivity index (χ4n) is 2.40. The predicted molar refractivity (Wildman–Crippen MR) is 85.2 cm³/mol. The van der Waals surface area contributed by atoms with E-state index in [9.17, 15) is 13.2 Å². The van der Waals surface area contributed by atoms with Gasteiger partial charge in [0.15, 0.2) is 0 Å². The predicted octanol–water partition coefficient (Wildman–Crippen LogP) is 3.15. The van der Waals surface area contributed by atoms with Crippen LogP contribution in [0.25, 0.3) is 10.9 Å². The molecule has 128 valence electrons.